The lowest BCUT2D eigenvalue weighted by Gasteiger charge is -2.20. The summed E-state index contributed by atoms with van der Waals surface area (Å²) in [7, 11) is 1.77. The van der Waals surface area contributed by atoms with E-state index < -0.39 is 12.2 Å². The van der Waals surface area contributed by atoms with E-state index >= 15 is 0 Å². The number of amides is 1. The smallest absolute Gasteiger partial charge is 0.436 e. The lowest BCUT2D eigenvalue weighted by Crippen LogP contribution is -2.24. The Morgan fingerprint density at radius 2 is 1.69 bits per heavy atom. The summed E-state index contributed by atoms with van der Waals surface area (Å²) in [5.41, 5.74) is 4.22. The van der Waals surface area contributed by atoms with Crippen LogP contribution in [0.1, 0.15) is 45.3 Å². The van der Waals surface area contributed by atoms with Gasteiger partial charge in [0, 0.05) is 23.3 Å². The van der Waals surface area contributed by atoms with Crippen LogP contribution in [0.4, 0.5) is 4.79 Å². The number of nitrogens with zero attached hydrogens (tertiary/aromatic N) is 2. The molecule has 1 unspecified atom stereocenters. The van der Waals surface area contributed by atoms with Crippen molar-refractivity contribution in [1.82, 2.24) is 4.90 Å². The predicted octanol–water partition coefficient (Wildman–Crippen LogP) is 8.54. The summed E-state index contributed by atoms with van der Waals surface area (Å²) < 4.78 is 5.47. The van der Waals surface area contributed by atoms with E-state index in [1.165, 1.54) is 12.8 Å². The number of benzene rings is 1. The second kappa shape index (κ2) is 12.4. The molecule has 1 aliphatic rings. The highest BCUT2D eigenvalue weighted by Crippen LogP contribution is 2.51. The van der Waals surface area contributed by atoms with E-state index in [0.29, 0.717) is 22.1 Å². The molecule has 35 heavy (non-hydrogen) atoms. The third kappa shape index (κ3) is 8.11. The highest BCUT2D eigenvalue weighted by atomic mass is 35.5. The summed E-state index contributed by atoms with van der Waals surface area (Å²) in [6.07, 6.45) is 12.2. The van der Waals surface area contributed by atoms with Crippen LogP contribution in [0.5, 0.6) is 0 Å². The molecule has 0 N–H and O–H groups in total. The van der Waals surface area contributed by atoms with Crippen LogP contribution >= 0.6 is 11.6 Å². The predicted molar refractivity (Wildman–Crippen MR) is 149 cm³/mol. The average Bonchev–Trinajstić information content (AvgIpc) is 3.58. The van der Waals surface area contributed by atoms with Gasteiger partial charge in [0.1, 0.15) is 11.9 Å². The zero-order chi connectivity index (χ0) is 26.2. The Morgan fingerprint density at radius 1 is 1.09 bits per heavy atom. The van der Waals surface area contributed by atoms with Gasteiger partial charge in [-0.2, -0.15) is 4.99 Å². The van der Waals surface area contributed by atoms with Crippen LogP contribution in [-0.4, -0.2) is 23.9 Å². The normalized spacial score (nSPS) is 15.9. The lowest BCUT2D eigenvalue weighted by molar-refractivity contribution is 0.117. The van der Waals surface area contributed by atoms with Crippen molar-refractivity contribution in [3.63, 3.8) is 0 Å². The minimum Gasteiger partial charge on any atom is -0.440 e. The minimum absolute atomic E-state index is 0.236. The van der Waals surface area contributed by atoms with Crippen molar-refractivity contribution < 1.29 is 9.53 Å². The molecular weight excluding hydrogens is 456 g/mol. The van der Waals surface area contributed by atoms with Gasteiger partial charge in [0.2, 0.25) is 0 Å². The molecule has 1 atom stereocenters. The molecule has 0 saturated heterocycles. The third-order valence-corrected chi connectivity index (χ3v) is 6.41. The van der Waals surface area contributed by atoms with Gasteiger partial charge in [0.05, 0.1) is 0 Å². The summed E-state index contributed by atoms with van der Waals surface area (Å²) in [5.74, 6) is 0.386. The number of rotatable bonds is 10. The molecule has 1 aromatic carbocycles. The molecule has 1 fully saturated rings. The number of ether oxygens (including phenoxy) is 1. The summed E-state index contributed by atoms with van der Waals surface area (Å²) >= 11 is 6.20. The van der Waals surface area contributed by atoms with Crippen LogP contribution in [0.15, 0.2) is 114 Å². The topological polar surface area (TPSA) is 41.9 Å². The largest absolute Gasteiger partial charge is 0.440 e. The maximum Gasteiger partial charge on any atom is 0.436 e. The number of halogens is 1. The molecule has 2 rings (SSSR count). The first kappa shape index (κ1) is 27.9. The molecule has 1 amide bonds. The molecule has 0 spiro atoms. The molecule has 0 aromatic heterocycles. The van der Waals surface area contributed by atoms with Crippen molar-refractivity contribution in [2.45, 2.75) is 39.7 Å². The Kier molecular flexibility index (Phi) is 9.85. The van der Waals surface area contributed by atoms with Crippen LogP contribution in [0.25, 0.3) is 0 Å². The van der Waals surface area contributed by atoms with Gasteiger partial charge >= 0.3 is 6.09 Å². The average molecular weight is 491 g/mol. The number of aliphatic imine (C=N–C) groups is 1. The second-order valence-corrected chi connectivity index (χ2v) is 9.28. The Balaban J connectivity index is 2.02. The fourth-order valence-electron chi connectivity index (χ4n) is 3.09. The fourth-order valence-corrected chi connectivity index (χ4v) is 3.38. The first-order valence-electron chi connectivity index (χ1n) is 11.5. The lowest BCUT2D eigenvalue weighted by atomic mass is 9.98. The van der Waals surface area contributed by atoms with Crippen molar-refractivity contribution in [3.8, 4) is 0 Å². The zero-order valence-corrected chi connectivity index (χ0v) is 21.9. The SMILES string of the molecule is C=C(C=CC(=C)N(C)C(/C=C\C)=NC(=O)OC(C)c1ccccc1Cl)C(=C)C=CC(=C)C1(C)CC1. The number of allylic oxidation sites excluding steroid dienone is 8. The number of carbonyl (C=O) groups excluding carboxylic acids is 1. The van der Waals surface area contributed by atoms with Crippen LogP contribution in [0, 0.1) is 5.41 Å². The summed E-state index contributed by atoms with van der Waals surface area (Å²) in [5, 5.41) is 0.531. The first-order chi connectivity index (χ1) is 16.5. The van der Waals surface area contributed by atoms with Crippen LogP contribution in [0.2, 0.25) is 5.02 Å². The zero-order valence-electron chi connectivity index (χ0n) is 21.2. The van der Waals surface area contributed by atoms with E-state index in [9.17, 15) is 4.79 Å². The molecule has 0 radical (unpaired) electrons. The number of amidine groups is 1. The molecule has 0 bridgehead atoms. The van der Waals surface area contributed by atoms with E-state index in [2.05, 4.69) is 38.2 Å². The molecule has 4 nitrogen and oxygen atoms in total. The highest BCUT2D eigenvalue weighted by Gasteiger charge is 2.38. The number of hydrogen-bond donors (Lipinski definition) is 0. The summed E-state index contributed by atoms with van der Waals surface area (Å²) in [6.45, 7) is 22.2. The van der Waals surface area contributed by atoms with Gasteiger partial charge in [-0.05, 0) is 67.0 Å². The third-order valence-electron chi connectivity index (χ3n) is 6.07. The van der Waals surface area contributed by atoms with E-state index in [1.807, 2.05) is 43.4 Å². The van der Waals surface area contributed by atoms with Gasteiger partial charge in [0.15, 0.2) is 0 Å². The molecule has 0 heterocycles. The van der Waals surface area contributed by atoms with E-state index in [1.54, 1.807) is 43.2 Å². The van der Waals surface area contributed by atoms with Gasteiger partial charge in [-0.25, -0.2) is 4.79 Å². The minimum atomic E-state index is -0.721. The second-order valence-electron chi connectivity index (χ2n) is 8.87. The molecule has 1 aromatic rings. The molecular formula is C30H35ClN2O2. The van der Waals surface area contributed by atoms with Crippen molar-refractivity contribution in [2.24, 2.45) is 10.4 Å². The van der Waals surface area contributed by atoms with Crippen LogP contribution in [0.3, 0.4) is 0 Å². The monoisotopic (exact) mass is 490 g/mol. The molecule has 5 heteroatoms. The molecule has 1 aliphatic carbocycles. The van der Waals surface area contributed by atoms with Crippen LogP contribution < -0.4 is 0 Å². The standard InChI is InChI=1S/C30H35ClN2O2/c1-9-12-28(32-29(34)35-25(6)26-13-10-11-14-27(26)31)33(8)24(5)18-16-22(3)21(2)15-17-23(4)30(7)19-20-30/h9-18,25H,2-5,19-20H2,1,6-8H3/b12-9-,17-15?,18-16?,32-28?. The summed E-state index contributed by atoms with van der Waals surface area (Å²) in [6, 6.07) is 7.23. The maximum atomic E-state index is 12.5. The molecule has 0 aliphatic heterocycles. The Morgan fingerprint density at radius 3 is 2.26 bits per heavy atom. The van der Waals surface area contributed by atoms with Crippen molar-refractivity contribution >= 4 is 23.5 Å². The number of likely N-dealkylation sites (N-methyl/N-ethyl adjacent to an activating group) is 1. The quantitative estimate of drug-likeness (QED) is 0.187. The fraction of sp³-hybridized carbons (Fsp3) is 0.267. The van der Waals surface area contributed by atoms with Crippen molar-refractivity contribution in [1.29, 1.82) is 0 Å². The molecule has 184 valence electrons. The summed E-state index contributed by atoms with van der Waals surface area (Å²) in [4.78, 5) is 18.3. The first-order valence-corrected chi connectivity index (χ1v) is 11.9. The Hall–Kier alpha value is -3.37. The highest BCUT2D eigenvalue weighted by molar-refractivity contribution is 6.31. The van der Waals surface area contributed by atoms with Gasteiger partial charge in [-0.3, -0.25) is 0 Å². The van der Waals surface area contributed by atoms with Gasteiger partial charge in [-0.1, -0.05) is 87.3 Å². The van der Waals surface area contributed by atoms with Crippen LogP contribution in [-0.2, 0) is 4.74 Å². The Labute approximate surface area is 215 Å². The number of hydrogen-bond acceptors (Lipinski definition) is 2. The number of carbonyl (C=O) groups is 1. The van der Waals surface area contributed by atoms with Gasteiger partial charge < -0.3 is 9.64 Å². The maximum absolute atomic E-state index is 12.5. The van der Waals surface area contributed by atoms with Crippen molar-refractivity contribution in [3.05, 3.63) is 120 Å². The van der Waals surface area contributed by atoms with Gasteiger partial charge in [-0.15, -0.1) is 0 Å². The van der Waals surface area contributed by atoms with Crippen molar-refractivity contribution in [2.75, 3.05) is 7.05 Å². The Bertz CT molecular complexity index is 1130. The van der Waals surface area contributed by atoms with E-state index in [0.717, 1.165) is 16.7 Å². The van der Waals surface area contributed by atoms with E-state index in [-0.39, 0.29) is 5.41 Å². The van der Waals surface area contributed by atoms with Gasteiger partial charge in [0.25, 0.3) is 0 Å². The van der Waals surface area contributed by atoms with E-state index in [4.69, 9.17) is 16.3 Å². The molecule has 1 saturated carbocycles.